The first-order valence-corrected chi connectivity index (χ1v) is 7.48. The van der Waals surface area contributed by atoms with Gasteiger partial charge >= 0.3 is 0 Å². The first-order valence-electron chi connectivity index (χ1n) is 5.66. The summed E-state index contributed by atoms with van der Waals surface area (Å²) in [6, 6.07) is 0. The van der Waals surface area contributed by atoms with Gasteiger partial charge in [0.1, 0.15) is 18.3 Å². The van der Waals surface area contributed by atoms with E-state index in [1.807, 2.05) is 20.8 Å². The number of fused-ring (bicyclic) bond motifs is 1. The zero-order chi connectivity index (χ0) is 12.8. The van der Waals surface area contributed by atoms with E-state index in [1.165, 1.54) is 0 Å². The molecule has 0 saturated carbocycles. The lowest BCUT2D eigenvalue weighted by atomic mass is 10.1. The smallest absolute Gasteiger partial charge is 0.265 e. The quantitative estimate of drug-likeness (QED) is 0.565. The molecule has 1 aliphatic carbocycles. The van der Waals surface area contributed by atoms with E-state index in [0.29, 0.717) is 0 Å². The van der Waals surface area contributed by atoms with E-state index in [9.17, 15) is 8.42 Å². The van der Waals surface area contributed by atoms with Gasteiger partial charge in [-0.15, -0.1) is 0 Å². The van der Waals surface area contributed by atoms with Crippen LogP contribution >= 0.6 is 0 Å². The van der Waals surface area contributed by atoms with Crippen molar-refractivity contribution >= 4 is 10.1 Å². The molecule has 2 rings (SSSR count). The summed E-state index contributed by atoms with van der Waals surface area (Å²) in [6.45, 7) is 5.63. The molecule has 1 saturated heterocycles. The van der Waals surface area contributed by atoms with Gasteiger partial charge in [-0.1, -0.05) is 6.92 Å². The molecule has 1 aliphatic heterocycles. The number of ether oxygens (including phenoxy) is 2. The van der Waals surface area contributed by atoms with E-state index in [1.54, 1.807) is 6.08 Å². The summed E-state index contributed by atoms with van der Waals surface area (Å²) in [5, 5.41) is 0. The normalized spacial score (nSPS) is 35.8. The Hall–Kier alpha value is -0.430. The highest BCUT2D eigenvalue weighted by molar-refractivity contribution is 7.86. The molecule has 5 nitrogen and oxygen atoms in total. The van der Waals surface area contributed by atoms with Crippen molar-refractivity contribution in [1.29, 1.82) is 0 Å². The van der Waals surface area contributed by atoms with Crippen LogP contribution in [-0.2, 0) is 23.8 Å². The standard InChI is InChI=1S/C11H18O5S/c1-5-7-6-8(16-17(4,12)13)10-9(7)14-11(2,3)15-10/h6,8-10H,5H2,1-4H3/t8-,9+,10-/m0/s1. The summed E-state index contributed by atoms with van der Waals surface area (Å²) >= 11 is 0. The molecule has 0 radical (unpaired) electrons. The first kappa shape index (κ1) is 13.0. The van der Waals surface area contributed by atoms with E-state index in [-0.39, 0.29) is 12.2 Å². The van der Waals surface area contributed by atoms with Crippen molar-refractivity contribution in [2.45, 2.75) is 51.3 Å². The second kappa shape index (κ2) is 4.05. The zero-order valence-electron chi connectivity index (χ0n) is 10.5. The number of rotatable bonds is 3. The molecule has 2 aliphatic rings. The van der Waals surface area contributed by atoms with Gasteiger partial charge in [0, 0.05) is 0 Å². The van der Waals surface area contributed by atoms with Crippen LogP contribution in [-0.4, -0.2) is 38.8 Å². The van der Waals surface area contributed by atoms with Crippen LogP contribution in [0.25, 0.3) is 0 Å². The molecule has 0 unspecified atom stereocenters. The van der Waals surface area contributed by atoms with Crippen LogP contribution in [0.4, 0.5) is 0 Å². The third-order valence-electron chi connectivity index (χ3n) is 2.89. The lowest BCUT2D eigenvalue weighted by molar-refractivity contribution is -0.151. The van der Waals surface area contributed by atoms with Crippen molar-refractivity contribution in [2.75, 3.05) is 6.26 Å². The Morgan fingerprint density at radius 3 is 2.59 bits per heavy atom. The monoisotopic (exact) mass is 262 g/mol. The van der Waals surface area contributed by atoms with Crippen molar-refractivity contribution in [3.05, 3.63) is 11.6 Å². The topological polar surface area (TPSA) is 61.8 Å². The third kappa shape index (κ3) is 2.70. The SMILES string of the molecule is CCC1=C[C@H](OS(C)(=O)=O)[C@@H]2OC(C)(C)O[C@H]12. The van der Waals surface area contributed by atoms with E-state index in [2.05, 4.69) is 0 Å². The second-order valence-corrected chi connectivity index (χ2v) is 6.48. The van der Waals surface area contributed by atoms with Gasteiger partial charge in [0.2, 0.25) is 0 Å². The van der Waals surface area contributed by atoms with Gasteiger partial charge in [0.25, 0.3) is 10.1 Å². The lowest BCUT2D eigenvalue weighted by Crippen LogP contribution is -2.32. The molecule has 3 atom stereocenters. The van der Waals surface area contributed by atoms with Crippen LogP contribution in [0.3, 0.4) is 0 Å². The van der Waals surface area contributed by atoms with E-state index in [0.717, 1.165) is 18.2 Å². The van der Waals surface area contributed by atoms with Crippen molar-refractivity contribution in [2.24, 2.45) is 0 Å². The summed E-state index contributed by atoms with van der Waals surface area (Å²) in [5.41, 5.74) is 1.04. The average Bonchev–Trinajstić information content (AvgIpc) is 2.59. The van der Waals surface area contributed by atoms with Crippen LogP contribution in [0.1, 0.15) is 27.2 Å². The van der Waals surface area contributed by atoms with Crippen molar-refractivity contribution < 1.29 is 22.1 Å². The van der Waals surface area contributed by atoms with Crippen molar-refractivity contribution in [3.63, 3.8) is 0 Å². The summed E-state index contributed by atoms with van der Waals surface area (Å²) in [5.74, 6) is -0.691. The molecule has 0 bridgehead atoms. The molecule has 17 heavy (non-hydrogen) atoms. The molecule has 6 heteroatoms. The Morgan fingerprint density at radius 2 is 2.06 bits per heavy atom. The van der Waals surface area contributed by atoms with Gasteiger partial charge in [-0.3, -0.25) is 4.18 Å². The highest BCUT2D eigenvalue weighted by Gasteiger charge is 2.50. The average molecular weight is 262 g/mol. The lowest BCUT2D eigenvalue weighted by Gasteiger charge is -2.20. The molecule has 1 heterocycles. The predicted octanol–water partition coefficient (Wildman–Crippen LogP) is 1.20. The van der Waals surface area contributed by atoms with Crippen LogP contribution in [0.15, 0.2) is 11.6 Å². The highest BCUT2D eigenvalue weighted by atomic mass is 32.2. The number of hydrogen-bond acceptors (Lipinski definition) is 5. The van der Waals surface area contributed by atoms with Crippen LogP contribution in [0, 0.1) is 0 Å². The Labute approximate surface area is 102 Å². The van der Waals surface area contributed by atoms with Crippen LogP contribution < -0.4 is 0 Å². The third-order valence-corrected chi connectivity index (χ3v) is 3.46. The maximum Gasteiger partial charge on any atom is 0.265 e. The molecular formula is C11H18O5S. The Morgan fingerprint density at radius 1 is 1.41 bits per heavy atom. The van der Waals surface area contributed by atoms with Gasteiger partial charge < -0.3 is 9.47 Å². The van der Waals surface area contributed by atoms with Crippen LogP contribution in [0.5, 0.6) is 0 Å². The molecule has 0 amide bonds. The van der Waals surface area contributed by atoms with Crippen molar-refractivity contribution in [1.82, 2.24) is 0 Å². The van der Waals surface area contributed by atoms with Gasteiger partial charge in [-0.25, -0.2) is 0 Å². The fraction of sp³-hybridized carbons (Fsp3) is 0.818. The minimum absolute atomic E-state index is 0.193. The van der Waals surface area contributed by atoms with Gasteiger partial charge in [0.15, 0.2) is 5.79 Å². The van der Waals surface area contributed by atoms with Gasteiger partial charge in [0.05, 0.1) is 6.26 Å². The molecule has 0 N–H and O–H groups in total. The Bertz CT molecular complexity index is 437. The van der Waals surface area contributed by atoms with Gasteiger partial charge in [-0.05, 0) is 31.9 Å². The minimum Gasteiger partial charge on any atom is -0.341 e. The molecule has 98 valence electrons. The van der Waals surface area contributed by atoms with Crippen molar-refractivity contribution in [3.8, 4) is 0 Å². The second-order valence-electron chi connectivity index (χ2n) is 4.88. The van der Waals surface area contributed by atoms with Gasteiger partial charge in [-0.2, -0.15) is 8.42 Å². The molecule has 1 fully saturated rings. The summed E-state index contributed by atoms with van der Waals surface area (Å²) in [7, 11) is -3.50. The predicted molar refractivity (Wildman–Crippen MR) is 61.9 cm³/mol. The Kier molecular flexibility index (Phi) is 3.10. The molecule has 0 spiro atoms. The fourth-order valence-electron chi connectivity index (χ4n) is 2.32. The number of hydrogen-bond donors (Lipinski definition) is 0. The largest absolute Gasteiger partial charge is 0.341 e. The van der Waals surface area contributed by atoms with Crippen LogP contribution in [0.2, 0.25) is 0 Å². The maximum absolute atomic E-state index is 11.2. The molecule has 0 aromatic rings. The van der Waals surface area contributed by atoms with E-state index >= 15 is 0 Å². The fourth-order valence-corrected chi connectivity index (χ4v) is 2.89. The maximum atomic E-state index is 11.2. The summed E-state index contributed by atoms with van der Waals surface area (Å²) < 4.78 is 38.9. The summed E-state index contributed by atoms with van der Waals surface area (Å²) in [6.07, 6.45) is 2.50. The van der Waals surface area contributed by atoms with E-state index in [4.69, 9.17) is 13.7 Å². The summed E-state index contributed by atoms with van der Waals surface area (Å²) in [4.78, 5) is 0. The van der Waals surface area contributed by atoms with E-state index < -0.39 is 22.0 Å². The molecule has 0 aromatic carbocycles. The Balaban J connectivity index is 2.22. The first-order chi connectivity index (χ1) is 7.72. The molecular weight excluding hydrogens is 244 g/mol. The minimum atomic E-state index is -3.50. The highest BCUT2D eigenvalue weighted by Crippen LogP contribution is 2.40. The molecule has 0 aromatic heterocycles. The zero-order valence-corrected chi connectivity index (χ0v) is 11.3.